The molecule has 6 aliphatic rings. The number of carbonyl (C=O) groups excluding carboxylic acids is 1. The number of ether oxygens (including phenoxy) is 3. The maximum atomic E-state index is 12.4. The Labute approximate surface area is 238 Å². The third-order valence-electron chi connectivity index (χ3n) is 12.2. The van der Waals surface area contributed by atoms with Gasteiger partial charge in [0.2, 0.25) is 0 Å². The van der Waals surface area contributed by atoms with Gasteiger partial charge in [0.05, 0.1) is 47.6 Å². The monoisotopic (exact) mass is 584 g/mol. The summed E-state index contributed by atoms with van der Waals surface area (Å²) in [6, 6.07) is 0. The average molecular weight is 585 g/mol. The van der Waals surface area contributed by atoms with Gasteiger partial charge in [-0.2, -0.15) is 0 Å². The zero-order chi connectivity index (χ0) is 29.7. The standard InChI is InChI=1S/C29H44O12/c1-13-22(34)23(35)24(36)25(40-13)41-15-8-19(32)28(12-30)21-17(3-5-27(28,37)9-15)29(38)6-4-16(14-7-20(33)39-11-14)26(29,2)10-18(21)31/h7,13,15-19,21-25,30-32,34-38H,3-6,8-12H2,1-2H3/t13-,15+,16+,17+,18+,19+,21+,22+,23+,24-,25+,26-,27-,28-,29+/m1/s1. The Balaban J connectivity index is 1.28. The second-order valence-electron chi connectivity index (χ2n) is 13.8. The molecule has 1 saturated heterocycles. The van der Waals surface area contributed by atoms with Crippen molar-refractivity contribution in [2.45, 2.75) is 119 Å². The Morgan fingerprint density at radius 3 is 2.41 bits per heavy atom. The lowest BCUT2D eigenvalue weighted by atomic mass is 9.40. The summed E-state index contributed by atoms with van der Waals surface area (Å²) in [4.78, 5) is 11.8. The van der Waals surface area contributed by atoms with E-state index in [1.807, 2.05) is 6.92 Å². The molecule has 0 amide bonds. The van der Waals surface area contributed by atoms with E-state index in [2.05, 4.69) is 0 Å². The summed E-state index contributed by atoms with van der Waals surface area (Å²) < 4.78 is 16.7. The average Bonchev–Trinajstić information content (AvgIpc) is 3.45. The highest BCUT2D eigenvalue weighted by Crippen LogP contribution is 2.70. The molecule has 0 bridgehead atoms. The zero-order valence-corrected chi connectivity index (χ0v) is 23.5. The number of carbonyl (C=O) groups is 1. The number of cyclic esters (lactones) is 1. The van der Waals surface area contributed by atoms with Crippen LogP contribution in [0.4, 0.5) is 0 Å². The van der Waals surface area contributed by atoms with E-state index >= 15 is 0 Å². The predicted molar refractivity (Wildman–Crippen MR) is 139 cm³/mol. The Morgan fingerprint density at radius 1 is 1.02 bits per heavy atom. The van der Waals surface area contributed by atoms with Gasteiger partial charge in [-0.3, -0.25) is 0 Å². The van der Waals surface area contributed by atoms with Crippen LogP contribution in [0.5, 0.6) is 0 Å². The number of rotatable bonds is 4. The van der Waals surface area contributed by atoms with E-state index in [4.69, 9.17) is 14.2 Å². The Bertz CT molecular complexity index is 1080. The lowest BCUT2D eigenvalue weighted by Crippen LogP contribution is -2.76. The van der Waals surface area contributed by atoms with Crippen molar-refractivity contribution >= 4 is 5.97 Å². The van der Waals surface area contributed by atoms with Crippen LogP contribution in [-0.2, 0) is 19.0 Å². The van der Waals surface area contributed by atoms with Gasteiger partial charge in [-0.15, -0.1) is 0 Å². The van der Waals surface area contributed by atoms with Crippen LogP contribution in [0, 0.1) is 28.6 Å². The van der Waals surface area contributed by atoms with E-state index in [0.717, 1.165) is 5.57 Å². The molecule has 0 radical (unpaired) electrons. The first-order chi connectivity index (χ1) is 19.2. The maximum absolute atomic E-state index is 12.4. The van der Waals surface area contributed by atoms with Crippen molar-refractivity contribution in [3.8, 4) is 0 Å². The van der Waals surface area contributed by atoms with E-state index in [1.54, 1.807) is 0 Å². The van der Waals surface area contributed by atoms with Crippen molar-refractivity contribution in [1.29, 1.82) is 0 Å². The molecule has 0 aromatic carbocycles. The minimum Gasteiger partial charge on any atom is -0.458 e. The molecule has 232 valence electrons. The number of fused-ring (bicyclic) bond motifs is 5. The molecule has 0 spiro atoms. The highest BCUT2D eigenvalue weighted by Gasteiger charge is 2.75. The Hall–Kier alpha value is -1.19. The Kier molecular flexibility index (Phi) is 7.22. The SMILES string of the molecule is C[C@H]1O[C@@H](O[C@H]2C[C@H](O)[C@]3(CO)[C@@H]4[C@@H](O)C[C@]5(C)[C@H](C6=CC(=O)OC6)CC[C@]5(O)[C@H]4CC[C@@]3(O)C2)[C@H](O)[C@@H](O)[C@H]1O. The van der Waals surface area contributed by atoms with E-state index < -0.39 is 95.5 Å². The molecule has 0 aromatic rings. The highest BCUT2D eigenvalue weighted by molar-refractivity contribution is 5.85. The highest BCUT2D eigenvalue weighted by atomic mass is 16.7. The molecule has 12 heteroatoms. The third-order valence-corrected chi connectivity index (χ3v) is 12.2. The minimum absolute atomic E-state index is 0.0369. The van der Waals surface area contributed by atoms with Gasteiger partial charge >= 0.3 is 5.97 Å². The van der Waals surface area contributed by atoms with Crippen molar-refractivity contribution < 1.29 is 59.9 Å². The number of hydrogen-bond acceptors (Lipinski definition) is 12. The summed E-state index contributed by atoms with van der Waals surface area (Å²) in [5, 5.41) is 89.6. The second-order valence-corrected chi connectivity index (χ2v) is 13.8. The fourth-order valence-electron chi connectivity index (χ4n) is 10.1. The smallest absolute Gasteiger partial charge is 0.331 e. The summed E-state index contributed by atoms with van der Waals surface area (Å²) in [6.07, 6.45) is -6.68. The van der Waals surface area contributed by atoms with Gasteiger partial charge in [-0.25, -0.2) is 4.79 Å². The molecule has 4 saturated carbocycles. The lowest BCUT2D eigenvalue weighted by molar-refractivity contribution is -0.342. The van der Waals surface area contributed by atoms with Gasteiger partial charge in [0, 0.05) is 30.3 Å². The second kappa shape index (κ2) is 9.91. The minimum atomic E-state index is -1.67. The van der Waals surface area contributed by atoms with Gasteiger partial charge in [0.15, 0.2) is 6.29 Å². The van der Waals surface area contributed by atoms with E-state index in [0.29, 0.717) is 19.3 Å². The quantitative estimate of drug-likeness (QED) is 0.140. The molecule has 5 fully saturated rings. The van der Waals surface area contributed by atoms with Gasteiger partial charge in [-0.1, -0.05) is 6.92 Å². The van der Waals surface area contributed by atoms with Crippen molar-refractivity contribution in [3.63, 3.8) is 0 Å². The first kappa shape index (κ1) is 29.9. The van der Waals surface area contributed by atoms with Gasteiger partial charge in [0.1, 0.15) is 24.9 Å². The molecular weight excluding hydrogens is 540 g/mol. The summed E-state index contributed by atoms with van der Waals surface area (Å²) in [7, 11) is 0. The topological polar surface area (TPSA) is 207 Å². The van der Waals surface area contributed by atoms with Crippen molar-refractivity contribution in [2.24, 2.45) is 28.6 Å². The summed E-state index contributed by atoms with van der Waals surface area (Å²) in [5.74, 6) is -1.93. The summed E-state index contributed by atoms with van der Waals surface area (Å²) in [5.41, 5.74) is -4.46. The lowest BCUT2D eigenvalue weighted by Gasteiger charge is -2.68. The molecule has 0 aromatic heterocycles. The molecule has 15 atom stereocenters. The molecule has 0 unspecified atom stereocenters. The van der Waals surface area contributed by atoms with Gasteiger partial charge in [0.25, 0.3) is 0 Å². The fraction of sp³-hybridized carbons (Fsp3) is 0.897. The van der Waals surface area contributed by atoms with E-state index in [-0.39, 0.29) is 38.2 Å². The third kappa shape index (κ3) is 3.99. The van der Waals surface area contributed by atoms with Gasteiger partial charge in [-0.05, 0) is 56.4 Å². The molecule has 41 heavy (non-hydrogen) atoms. The van der Waals surface area contributed by atoms with Crippen LogP contribution in [0.15, 0.2) is 11.6 Å². The van der Waals surface area contributed by atoms with Crippen molar-refractivity contribution in [1.82, 2.24) is 0 Å². The van der Waals surface area contributed by atoms with Crippen LogP contribution in [0.3, 0.4) is 0 Å². The molecule has 6 rings (SSSR count). The number of esters is 1. The van der Waals surface area contributed by atoms with Gasteiger partial charge < -0.3 is 55.1 Å². The zero-order valence-electron chi connectivity index (χ0n) is 23.5. The number of hydrogen-bond donors (Lipinski definition) is 8. The largest absolute Gasteiger partial charge is 0.458 e. The molecule has 2 heterocycles. The summed E-state index contributed by atoms with van der Waals surface area (Å²) >= 11 is 0. The van der Waals surface area contributed by atoms with Crippen LogP contribution < -0.4 is 0 Å². The molecule has 8 N–H and O–H groups in total. The first-order valence-corrected chi connectivity index (χ1v) is 14.9. The van der Waals surface area contributed by atoms with Crippen molar-refractivity contribution in [2.75, 3.05) is 13.2 Å². The maximum Gasteiger partial charge on any atom is 0.331 e. The predicted octanol–water partition coefficient (Wildman–Crippen LogP) is -1.51. The molecular formula is C29H44O12. The van der Waals surface area contributed by atoms with E-state index in [1.165, 1.54) is 13.0 Å². The fourth-order valence-corrected chi connectivity index (χ4v) is 10.1. The number of aliphatic hydroxyl groups is 8. The van der Waals surface area contributed by atoms with Crippen LogP contribution in [0.2, 0.25) is 0 Å². The van der Waals surface area contributed by atoms with Crippen LogP contribution in [-0.4, -0.2) is 120 Å². The normalized spacial score (nSPS) is 56.9. The summed E-state index contributed by atoms with van der Waals surface area (Å²) in [6.45, 7) is 3.00. The molecule has 12 nitrogen and oxygen atoms in total. The Morgan fingerprint density at radius 2 is 1.76 bits per heavy atom. The first-order valence-electron chi connectivity index (χ1n) is 14.9. The van der Waals surface area contributed by atoms with Crippen LogP contribution in [0.25, 0.3) is 0 Å². The van der Waals surface area contributed by atoms with Crippen LogP contribution >= 0.6 is 0 Å². The van der Waals surface area contributed by atoms with E-state index in [9.17, 15) is 45.6 Å². The molecule has 2 aliphatic heterocycles. The van der Waals surface area contributed by atoms with Crippen LogP contribution in [0.1, 0.15) is 58.8 Å². The molecule has 4 aliphatic carbocycles. The van der Waals surface area contributed by atoms with Crippen molar-refractivity contribution in [3.05, 3.63) is 11.6 Å². The number of aliphatic hydroxyl groups excluding tert-OH is 6.